The van der Waals surface area contributed by atoms with Gasteiger partial charge in [-0.2, -0.15) is 4.98 Å². The molecule has 5 aromatic rings. The van der Waals surface area contributed by atoms with Crippen molar-refractivity contribution in [1.29, 1.82) is 0 Å². The van der Waals surface area contributed by atoms with Crippen LogP contribution in [0, 0.1) is 6.92 Å². The van der Waals surface area contributed by atoms with Crippen molar-refractivity contribution >= 4 is 44.7 Å². The van der Waals surface area contributed by atoms with Crippen molar-refractivity contribution in [2.75, 3.05) is 10.6 Å². The van der Waals surface area contributed by atoms with Gasteiger partial charge in [-0.25, -0.2) is 4.98 Å². The first-order valence-electron chi connectivity index (χ1n) is 9.61. The van der Waals surface area contributed by atoms with E-state index >= 15 is 0 Å². The van der Waals surface area contributed by atoms with Crippen LogP contribution in [0.5, 0.6) is 0 Å². The quantitative estimate of drug-likeness (QED) is 0.372. The number of rotatable bonds is 4. The van der Waals surface area contributed by atoms with E-state index in [1.807, 2.05) is 55.5 Å². The van der Waals surface area contributed by atoms with Crippen LogP contribution in [0.25, 0.3) is 21.5 Å². The zero-order valence-corrected chi connectivity index (χ0v) is 16.1. The standard InChI is InChI=1S/C25H20N4/c1-17-16-24(27-22-14-6-10-18-8-2-4-12-20(18)22)29-25(26-17)28-23-15-7-11-19-9-3-5-13-21(19)23/h2-16H,1H3,(H2,26,27,28,29). The second kappa shape index (κ2) is 7.24. The third-order valence-corrected chi connectivity index (χ3v) is 4.94. The Labute approximate surface area is 169 Å². The van der Waals surface area contributed by atoms with Crippen LogP contribution in [-0.2, 0) is 0 Å². The van der Waals surface area contributed by atoms with E-state index in [1.54, 1.807) is 0 Å². The van der Waals surface area contributed by atoms with Gasteiger partial charge in [-0.15, -0.1) is 0 Å². The minimum Gasteiger partial charge on any atom is -0.340 e. The highest BCUT2D eigenvalue weighted by Gasteiger charge is 2.07. The molecule has 2 N–H and O–H groups in total. The Morgan fingerprint density at radius 2 is 1.14 bits per heavy atom. The molecule has 0 aliphatic carbocycles. The summed E-state index contributed by atoms with van der Waals surface area (Å²) in [7, 11) is 0. The normalized spacial score (nSPS) is 10.9. The molecule has 0 bridgehead atoms. The van der Waals surface area contributed by atoms with Gasteiger partial charge in [0.05, 0.1) is 0 Å². The van der Waals surface area contributed by atoms with E-state index < -0.39 is 0 Å². The molecular weight excluding hydrogens is 356 g/mol. The number of nitrogens with one attached hydrogen (secondary N) is 2. The highest BCUT2D eigenvalue weighted by atomic mass is 15.1. The number of aromatic nitrogens is 2. The number of fused-ring (bicyclic) bond motifs is 2. The van der Waals surface area contributed by atoms with Crippen molar-refractivity contribution in [1.82, 2.24) is 9.97 Å². The summed E-state index contributed by atoms with van der Waals surface area (Å²) in [6, 6.07) is 31.0. The van der Waals surface area contributed by atoms with Crippen LogP contribution in [0.1, 0.15) is 5.69 Å². The summed E-state index contributed by atoms with van der Waals surface area (Å²) in [5, 5.41) is 11.5. The Morgan fingerprint density at radius 3 is 1.79 bits per heavy atom. The molecule has 0 atom stereocenters. The minimum absolute atomic E-state index is 0.573. The molecule has 0 fully saturated rings. The van der Waals surface area contributed by atoms with Crippen molar-refractivity contribution in [2.24, 2.45) is 0 Å². The third-order valence-electron chi connectivity index (χ3n) is 4.94. The van der Waals surface area contributed by atoms with E-state index in [-0.39, 0.29) is 0 Å². The molecule has 0 aliphatic heterocycles. The zero-order chi connectivity index (χ0) is 19.6. The molecule has 1 aromatic heterocycles. The van der Waals surface area contributed by atoms with Gasteiger partial charge in [-0.1, -0.05) is 72.8 Å². The molecule has 140 valence electrons. The number of anilines is 4. The first kappa shape index (κ1) is 17.2. The lowest BCUT2D eigenvalue weighted by Crippen LogP contribution is -2.03. The summed E-state index contributed by atoms with van der Waals surface area (Å²) in [6.45, 7) is 1.98. The highest BCUT2D eigenvalue weighted by Crippen LogP contribution is 2.28. The molecule has 5 rings (SSSR count). The molecule has 0 unspecified atom stereocenters. The third kappa shape index (κ3) is 3.48. The van der Waals surface area contributed by atoms with Crippen LogP contribution in [-0.4, -0.2) is 9.97 Å². The van der Waals surface area contributed by atoms with Crippen LogP contribution in [0.15, 0.2) is 91.0 Å². The summed E-state index contributed by atoms with van der Waals surface area (Å²) >= 11 is 0. The zero-order valence-electron chi connectivity index (χ0n) is 16.1. The molecule has 1 heterocycles. The fraction of sp³-hybridized carbons (Fsp3) is 0.0400. The lowest BCUT2D eigenvalue weighted by atomic mass is 10.1. The molecule has 0 saturated heterocycles. The van der Waals surface area contributed by atoms with Crippen molar-refractivity contribution < 1.29 is 0 Å². The van der Waals surface area contributed by atoms with Gasteiger partial charge in [0.1, 0.15) is 5.82 Å². The Hall–Kier alpha value is -3.92. The van der Waals surface area contributed by atoms with Gasteiger partial charge in [0.25, 0.3) is 0 Å². The predicted octanol–water partition coefficient (Wildman–Crippen LogP) is 6.58. The number of benzene rings is 4. The Balaban J connectivity index is 1.50. The predicted molar refractivity (Wildman–Crippen MR) is 121 cm³/mol. The van der Waals surface area contributed by atoms with E-state index in [2.05, 4.69) is 58.1 Å². The molecule has 0 spiro atoms. The van der Waals surface area contributed by atoms with Crippen LogP contribution in [0.4, 0.5) is 23.1 Å². The average Bonchev–Trinajstić information content (AvgIpc) is 2.74. The summed E-state index contributed by atoms with van der Waals surface area (Å²) in [6.07, 6.45) is 0. The van der Waals surface area contributed by atoms with Crippen LogP contribution in [0.3, 0.4) is 0 Å². The maximum Gasteiger partial charge on any atom is 0.229 e. The lowest BCUT2D eigenvalue weighted by Gasteiger charge is -2.13. The second-order valence-corrected chi connectivity index (χ2v) is 7.02. The molecule has 0 radical (unpaired) electrons. The van der Waals surface area contributed by atoms with Gasteiger partial charge in [-0.3, -0.25) is 0 Å². The smallest absolute Gasteiger partial charge is 0.229 e. The Kier molecular flexibility index (Phi) is 4.30. The van der Waals surface area contributed by atoms with Gasteiger partial charge in [0.2, 0.25) is 5.95 Å². The average molecular weight is 376 g/mol. The first-order chi connectivity index (χ1) is 14.3. The van der Waals surface area contributed by atoms with Crippen molar-refractivity contribution in [3.8, 4) is 0 Å². The monoisotopic (exact) mass is 376 g/mol. The summed E-state index contributed by atoms with van der Waals surface area (Å²) < 4.78 is 0. The van der Waals surface area contributed by atoms with Crippen LogP contribution < -0.4 is 10.6 Å². The second-order valence-electron chi connectivity index (χ2n) is 7.02. The molecule has 4 heteroatoms. The van der Waals surface area contributed by atoms with Crippen molar-refractivity contribution in [2.45, 2.75) is 6.92 Å². The maximum absolute atomic E-state index is 4.70. The number of hydrogen-bond donors (Lipinski definition) is 2. The van der Waals surface area contributed by atoms with Crippen molar-refractivity contribution in [3.63, 3.8) is 0 Å². The topological polar surface area (TPSA) is 49.8 Å². The van der Waals surface area contributed by atoms with Crippen molar-refractivity contribution in [3.05, 3.63) is 96.7 Å². The van der Waals surface area contributed by atoms with E-state index in [0.29, 0.717) is 5.95 Å². The van der Waals surface area contributed by atoms with E-state index in [1.165, 1.54) is 10.8 Å². The molecule has 4 aromatic carbocycles. The summed E-state index contributed by atoms with van der Waals surface area (Å²) in [4.78, 5) is 9.28. The molecule has 4 nitrogen and oxygen atoms in total. The largest absolute Gasteiger partial charge is 0.340 e. The SMILES string of the molecule is Cc1cc(Nc2cccc3ccccc23)nc(Nc2cccc3ccccc23)n1. The highest BCUT2D eigenvalue weighted by molar-refractivity contribution is 5.96. The molecular formula is C25H20N4. The van der Waals surface area contributed by atoms with Gasteiger partial charge in [-0.05, 0) is 29.8 Å². The summed E-state index contributed by atoms with van der Waals surface area (Å²) in [5.41, 5.74) is 2.91. The van der Waals surface area contributed by atoms with E-state index in [4.69, 9.17) is 4.98 Å². The molecule has 0 saturated carbocycles. The van der Waals surface area contributed by atoms with Gasteiger partial charge in [0.15, 0.2) is 0 Å². The maximum atomic E-state index is 4.70. The van der Waals surface area contributed by atoms with Crippen LogP contribution in [0.2, 0.25) is 0 Å². The number of hydrogen-bond acceptors (Lipinski definition) is 4. The fourth-order valence-corrected chi connectivity index (χ4v) is 3.62. The Bertz CT molecular complexity index is 1220. The van der Waals surface area contributed by atoms with Crippen LogP contribution >= 0.6 is 0 Å². The number of nitrogens with zero attached hydrogens (tertiary/aromatic N) is 2. The van der Waals surface area contributed by atoms with Gasteiger partial charge >= 0.3 is 0 Å². The fourth-order valence-electron chi connectivity index (χ4n) is 3.62. The lowest BCUT2D eigenvalue weighted by molar-refractivity contribution is 1.11. The number of aryl methyl sites for hydroxylation is 1. The van der Waals surface area contributed by atoms with E-state index in [0.717, 1.165) is 33.7 Å². The summed E-state index contributed by atoms with van der Waals surface area (Å²) in [5.74, 6) is 1.33. The van der Waals surface area contributed by atoms with Gasteiger partial charge < -0.3 is 10.6 Å². The van der Waals surface area contributed by atoms with E-state index in [9.17, 15) is 0 Å². The molecule has 0 aliphatic rings. The molecule has 29 heavy (non-hydrogen) atoms. The first-order valence-corrected chi connectivity index (χ1v) is 9.61. The Morgan fingerprint density at radius 1 is 0.586 bits per heavy atom. The minimum atomic E-state index is 0.573. The van der Waals surface area contributed by atoms with Gasteiger partial charge in [0, 0.05) is 33.9 Å². The molecule has 0 amide bonds.